The van der Waals surface area contributed by atoms with Gasteiger partial charge in [-0.2, -0.15) is 0 Å². The second-order valence-electron chi connectivity index (χ2n) is 9.97. The lowest BCUT2D eigenvalue weighted by Gasteiger charge is -2.74. The van der Waals surface area contributed by atoms with E-state index in [2.05, 4.69) is 6.58 Å². The molecular formula is C20H28O6. The summed E-state index contributed by atoms with van der Waals surface area (Å²) in [6.07, 6.45) is -0.747. The summed E-state index contributed by atoms with van der Waals surface area (Å²) in [6, 6.07) is 0. The Labute approximate surface area is 152 Å². The summed E-state index contributed by atoms with van der Waals surface area (Å²) in [7, 11) is 0. The number of hydrogen-bond acceptors (Lipinski definition) is 6. The minimum atomic E-state index is -2.15. The van der Waals surface area contributed by atoms with E-state index in [0.29, 0.717) is 24.8 Å². The van der Waals surface area contributed by atoms with Gasteiger partial charge in [0.15, 0.2) is 5.78 Å². The molecule has 0 unspecified atom stereocenters. The first-order chi connectivity index (χ1) is 12.1. The van der Waals surface area contributed by atoms with Gasteiger partial charge in [-0.3, -0.25) is 4.79 Å². The number of hydrogen-bond donors (Lipinski definition) is 4. The van der Waals surface area contributed by atoms with Gasteiger partial charge in [-0.25, -0.2) is 0 Å². The molecule has 6 heteroatoms. The van der Waals surface area contributed by atoms with Gasteiger partial charge in [0.1, 0.15) is 11.5 Å². The molecule has 9 atom stereocenters. The van der Waals surface area contributed by atoms with Crippen molar-refractivity contribution >= 4 is 5.78 Å². The second-order valence-corrected chi connectivity index (χ2v) is 9.97. The molecule has 0 aromatic heterocycles. The first-order valence-electron chi connectivity index (χ1n) is 9.71. The van der Waals surface area contributed by atoms with E-state index in [1.54, 1.807) is 0 Å². The largest absolute Gasteiger partial charge is 0.392 e. The Morgan fingerprint density at radius 3 is 2.50 bits per heavy atom. The number of aliphatic hydroxyl groups excluding tert-OH is 3. The van der Waals surface area contributed by atoms with E-state index in [4.69, 9.17) is 4.74 Å². The third kappa shape index (κ3) is 1.41. The molecule has 4 N–H and O–H groups in total. The van der Waals surface area contributed by atoms with Crippen LogP contribution in [0, 0.1) is 34.0 Å². The second kappa shape index (κ2) is 4.61. The average Bonchev–Trinajstić information content (AvgIpc) is 2.69. The predicted molar refractivity (Wildman–Crippen MR) is 90.7 cm³/mol. The van der Waals surface area contributed by atoms with Crippen LogP contribution in [-0.2, 0) is 9.53 Å². The number of Topliss-reactive ketones (excluding diaryl/α,β-unsaturated/α-hetero) is 1. The highest BCUT2D eigenvalue weighted by Gasteiger charge is 2.86. The van der Waals surface area contributed by atoms with Gasteiger partial charge in [0.25, 0.3) is 0 Å². The number of ketones is 1. The highest BCUT2D eigenvalue weighted by atomic mass is 16.6. The van der Waals surface area contributed by atoms with E-state index in [0.717, 1.165) is 6.42 Å². The molecule has 4 saturated carbocycles. The fourth-order valence-corrected chi connectivity index (χ4v) is 7.90. The molecule has 26 heavy (non-hydrogen) atoms. The van der Waals surface area contributed by atoms with Gasteiger partial charge in [-0.15, -0.1) is 0 Å². The first kappa shape index (κ1) is 17.3. The van der Waals surface area contributed by atoms with Crippen molar-refractivity contribution in [2.75, 3.05) is 6.61 Å². The van der Waals surface area contributed by atoms with Gasteiger partial charge in [0.05, 0.1) is 18.8 Å². The SMILES string of the molecule is C=C1C(=O)[C@@]23[C@H](O)[C@@H]1CC[C@H]2[C@]12CO[C@@]3(O)[C@@H](O)[C@@H]1C(C)(C)CC[C@@H]2O. The molecule has 4 aliphatic carbocycles. The van der Waals surface area contributed by atoms with Crippen LogP contribution in [0.3, 0.4) is 0 Å². The van der Waals surface area contributed by atoms with Crippen LogP contribution >= 0.6 is 0 Å². The van der Waals surface area contributed by atoms with Gasteiger partial charge in [-0.1, -0.05) is 20.4 Å². The number of rotatable bonds is 0. The molecule has 144 valence electrons. The summed E-state index contributed by atoms with van der Waals surface area (Å²) in [5, 5.41) is 45.1. The normalized spacial score (nSPS) is 59.9. The van der Waals surface area contributed by atoms with Crippen molar-refractivity contribution in [3.63, 3.8) is 0 Å². The zero-order chi connectivity index (χ0) is 18.9. The molecule has 2 spiro atoms. The Hall–Kier alpha value is -0.790. The minimum absolute atomic E-state index is 0.0966. The minimum Gasteiger partial charge on any atom is -0.392 e. The maximum atomic E-state index is 13.3. The zero-order valence-electron chi connectivity index (χ0n) is 15.3. The van der Waals surface area contributed by atoms with Crippen molar-refractivity contribution in [2.45, 2.75) is 63.6 Å². The lowest BCUT2D eigenvalue weighted by molar-refractivity contribution is -0.458. The third-order valence-electron chi connectivity index (χ3n) is 8.88. The van der Waals surface area contributed by atoms with Crippen molar-refractivity contribution in [3.05, 3.63) is 12.2 Å². The van der Waals surface area contributed by atoms with Crippen LogP contribution < -0.4 is 0 Å². The Bertz CT molecular complexity index is 717. The third-order valence-corrected chi connectivity index (χ3v) is 8.88. The molecule has 4 bridgehead atoms. The van der Waals surface area contributed by atoms with E-state index < -0.39 is 58.5 Å². The monoisotopic (exact) mass is 364 g/mol. The van der Waals surface area contributed by atoms with E-state index >= 15 is 0 Å². The first-order valence-corrected chi connectivity index (χ1v) is 9.71. The molecular weight excluding hydrogens is 336 g/mol. The highest BCUT2D eigenvalue weighted by molar-refractivity contribution is 6.05. The van der Waals surface area contributed by atoms with Crippen molar-refractivity contribution < 1.29 is 30.0 Å². The molecule has 2 heterocycles. The number of carbonyl (C=O) groups excluding carboxylic acids is 1. The summed E-state index contributed by atoms with van der Waals surface area (Å²) in [4.78, 5) is 13.3. The Morgan fingerprint density at radius 2 is 1.81 bits per heavy atom. The average molecular weight is 364 g/mol. The van der Waals surface area contributed by atoms with Crippen LogP contribution in [0.15, 0.2) is 12.2 Å². The van der Waals surface area contributed by atoms with Gasteiger partial charge in [-0.05, 0) is 42.6 Å². The maximum absolute atomic E-state index is 13.3. The van der Waals surface area contributed by atoms with Crippen molar-refractivity contribution in [1.29, 1.82) is 0 Å². The molecule has 2 saturated heterocycles. The fraction of sp³-hybridized carbons (Fsp3) is 0.850. The van der Waals surface area contributed by atoms with Crippen LogP contribution in [0.1, 0.15) is 39.5 Å². The summed E-state index contributed by atoms with van der Waals surface area (Å²) < 4.78 is 5.80. The Balaban J connectivity index is 1.81. The molecule has 0 radical (unpaired) electrons. The van der Waals surface area contributed by atoms with E-state index in [1.165, 1.54) is 0 Å². The highest BCUT2D eigenvalue weighted by Crippen LogP contribution is 2.76. The number of fused-ring (bicyclic) bond motifs is 2. The van der Waals surface area contributed by atoms with Crippen LogP contribution in [0.25, 0.3) is 0 Å². The number of carbonyl (C=O) groups is 1. The number of aliphatic hydroxyl groups is 4. The molecule has 0 aromatic carbocycles. The summed E-state index contributed by atoms with van der Waals surface area (Å²) in [5.41, 5.74) is -2.49. The van der Waals surface area contributed by atoms with Crippen LogP contribution in [0.5, 0.6) is 0 Å². The molecule has 6 rings (SSSR count). The fourth-order valence-electron chi connectivity index (χ4n) is 7.90. The van der Waals surface area contributed by atoms with Crippen molar-refractivity contribution in [1.82, 2.24) is 0 Å². The van der Waals surface area contributed by atoms with Gasteiger partial charge >= 0.3 is 0 Å². The molecule has 0 aromatic rings. The van der Waals surface area contributed by atoms with E-state index in [-0.39, 0.29) is 12.0 Å². The quantitative estimate of drug-likeness (QED) is 0.463. The smallest absolute Gasteiger partial charge is 0.208 e. The summed E-state index contributed by atoms with van der Waals surface area (Å²) in [6.45, 7) is 8.07. The van der Waals surface area contributed by atoms with Crippen LogP contribution in [-0.4, -0.2) is 56.9 Å². The van der Waals surface area contributed by atoms with E-state index in [1.807, 2.05) is 13.8 Å². The van der Waals surface area contributed by atoms with E-state index in [9.17, 15) is 25.2 Å². The molecule has 6 nitrogen and oxygen atoms in total. The van der Waals surface area contributed by atoms with Gasteiger partial charge in [0, 0.05) is 17.3 Å². The topological polar surface area (TPSA) is 107 Å². The lowest BCUT2D eigenvalue weighted by Crippen LogP contribution is -2.85. The lowest BCUT2D eigenvalue weighted by atomic mass is 9.35. The van der Waals surface area contributed by atoms with Gasteiger partial charge < -0.3 is 25.2 Å². The number of ether oxygens (including phenoxy) is 1. The van der Waals surface area contributed by atoms with Crippen LogP contribution in [0.2, 0.25) is 0 Å². The molecule has 2 aliphatic heterocycles. The summed E-state index contributed by atoms with van der Waals surface area (Å²) >= 11 is 0. The van der Waals surface area contributed by atoms with Crippen molar-refractivity contribution in [2.24, 2.45) is 34.0 Å². The Kier molecular flexibility index (Phi) is 3.07. The molecule has 6 fully saturated rings. The zero-order valence-corrected chi connectivity index (χ0v) is 15.3. The van der Waals surface area contributed by atoms with Crippen LogP contribution in [0.4, 0.5) is 0 Å². The standard InChI is InChI=1S/C20H28O6/c1-9-10-4-5-11-18-8-26-20(25,19(11,14(9)22)15(10)23)16(24)13(18)17(2,3)7-6-12(18)21/h10-13,15-16,21,23-25H,1,4-8H2,2-3H3/t10-,11+,12+,13-,15-,16+,18+,19-,20+/m1/s1. The Morgan fingerprint density at radius 1 is 1.12 bits per heavy atom. The molecule has 6 aliphatic rings. The van der Waals surface area contributed by atoms with Gasteiger partial charge in [0.2, 0.25) is 5.79 Å². The predicted octanol–water partition coefficient (Wildman–Crippen LogP) is 0.376. The maximum Gasteiger partial charge on any atom is 0.208 e. The summed E-state index contributed by atoms with van der Waals surface area (Å²) in [5.74, 6) is -3.80. The molecule has 0 amide bonds. The van der Waals surface area contributed by atoms with Crippen molar-refractivity contribution in [3.8, 4) is 0 Å².